The van der Waals surface area contributed by atoms with Crippen LogP contribution >= 0.6 is 0 Å². The molecule has 1 atom stereocenters. The maximum absolute atomic E-state index is 12.0. The van der Waals surface area contributed by atoms with E-state index in [4.69, 9.17) is 9.47 Å². The van der Waals surface area contributed by atoms with E-state index in [0.29, 0.717) is 24.5 Å². The van der Waals surface area contributed by atoms with E-state index in [1.54, 1.807) is 25.2 Å². The second-order valence-electron chi connectivity index (χ2n) is 5.72. The summed E-state index contributed by atoms with van der Waals surface area (Å²) in [6.07, 6.45) is 0.449. The molecule has 0 unspecified atom stereocenters. The lowest BCUT2D eigenvalue weighted by atomic mass is 9.92. The van der Waals surface area contributed by atoms with Crippen molar-refractivity contribution in [2.75, 3.05) is 14.2 Å². The summed E-state index contributed by atoms with van der Waals surface area (Å²) in [5, 5.41) is 0. The summed E-state index contributed by atoms with van der Waals surface area (Å²) in [5.41, 5.74) is 1.90. The van der Waals surface area contributed by atoms with Crippen LogP contribution in [0.25, 0.3) is 0 Å². The highest BCUT2D eigenvalue weighted by molar-refractivity contribution is 6.44. The van der Waals surface area contributed by atoms with Gasteiger partial charge in [-0.25, -0.2) is 0 Å². The number of rotatable bonds is 6. The average molecular weight is 325 g/mol. The number of hydrogen-bond donors (Lipinski definition) is 0. The molecule has 24 heavy (non-hydrogen) atoms. The van der Waals surface area contributed by atoms with Gasteiger partial charge in [0.15, 0.2) is 0 Å². The second-order valence-corrected chi connectivity index (χ2v) is 5.72. The fourth-order valence-corrected chi connectivity index (χ4v) is 2.87. The predicted octanol–water partition coefficient (Wildman–Crippen LogP) is 2.23. The smallest absolute Gasteiger partial charge is 0.293 e. The molecule has 2 aromatic carbocycles. The molecule has 5 nitrogen and oxygen atoms in total. The van der Waals surface area contributed by atoms with Gasteiger partial charge in [0.05, 0.1) is 14.2 Å². The van der Waals surface area contributed by atoms with Crippen molar-refractivity contribution in [1.82, 2.24) is 4.90 Å². The fraction of sp³-hybridized carbons (Fsp3) is 0.263. The van der Waals surface area contributed by atoms with Gasteiger partial charge in [-0.1, -0.05) is 30.3 Å². The molecule has 0 bridgehead atoms. The molecule has 0 aromatic heterocycles. The van der Waals surface area contributed by atoms with Crippen molar-refractivity contribution in [1.29, 1.82) is 0 Å². The van der Waals surface area contributed by atoms with Crippen LogP contribution in [0.1, 0.15) is 11.1 Å². The highest BCUT2D eigenvalue weighted by atomic mass is 16.5. The molecule has 1 heterocycles. The van der Waals surface area contributed by atoms with E-state index in [1.165, 1.54) is 0 Å². The van der Waals surface area contributed by atoms with E-state index >= 15 is 0 Å². The number of amides is 1. The molecule has 1 fully saturated rings. The summed E-state index contributed by atoms with van der Waals surface area (Å²) in [6, 6.07) is 14.7. The summed E-state index contributed by atoms with van der Waals surface area (Å²) in [6.45, 7) is 0.442. The Morgan fingerprint density at radius 1 is 0.917 bits per heavy atom. The van der Waals surface area contributed by atoms with Crippen LogP contribution in [0, 0.1) is 0 Å². The van der Waals surface area contributed by atoms with Gasteiger partial charge >= 0.3 is 0 Å². The van der Waals surface area contributed by atoms with Gasteiger partial charge in [-0.2, -0.15) is 0 Å². The zero-order valence-corrected chi connectivity index (χ0v) is 13.7. The van der Waals surface area contributed by atoms with Gasteiger partial charge in [0.2, 0.25) is 5.78 Å². The summed E-state index contributed by atoms with van der Waals surface area (Å²) in [7, 11) is 3.16. The maximum atomic E-state index is 12.0. The number of ketones is 1. The number of ether oxygens (including phenoxy) is 2. The Kier molecular flexibility index (Phi) is 4.51. The largest absolute Gasteiger partial charge is 0.497 e. The Hall–Kier alpha value is -2.82. The topological polar surface area (TPSA) is 55.8 Å². The molecule has 0 saturated carbocycles. The lowest BCUT2D eigenvalue weighted by Crippen LogP contribution is -2.62. The first-order valence-electron chi connectivity index (χ1n) is 7.73. The molecular weight excluding hydrogens is 306 g/mol. The van der Waals surface area contributed by atoms with E-state index in [-0.39, 0.29) is 5.78 Å². The number of likely N-dealkylation sites (tertiary alicyclic amines) is 1. The minimum atomic E-state index is -0.436. The van der Waals surface area contributed by atoms with Crippen LogP contribution in [0.3, 0.4) is 0 Å². The Labute approximate surface area is 140 Å². The summed E-state index contributed by atoms with van der Waals surface area (Å²) in [4.78, 5) is 25.6. The van der Waals surface area contributed by atoms with E-state index < -0.39 is 11.9 Å². The number of benzene rings is 2. The first-order valence-corrected chi connectivity index (χ1v) is 7.73. The quantitative estimate of drug-likeness (QED) is 0.604. The van der Waals surface area contributed by atoms with Crippen molar-refractivity contribution in [3.05, 3.63) is 59.7 Å². The minimum absolute atomic E-state index is 0.340. The third-order valence-electron chi connectivity index (χ3n) is 4.19. The molecule has 1 saturated heterocycles. The minimum Gasteiger partial charge on any atom is -0.497 e. The molecular formula is C19H19NO4. The van der Waals surface area contributed by atoms with Crippen molar-refractivity contribution in [2.45, 2.75) is 19.0 Å². The monoisotopic (exact) mass is 325 g/mol. The van der Waals surface area contributed by atoms with Crippen LogP contribution < -0.4 is 9.47 Å². The third kappa shape index (κ3) is 3.11. The van der Waals surface area contributed by atoms with E-state index in [2.05, 4.69) is 0 Å². The van der Waals surface area contributed by atoms with Gasteiger partial charge < -0.3 is 14.4 Å². The zero-order chi connectivity index (χ0) is 17.1. The number of nitrogens with zero attached hydrogens (tertiary/aromatic N) is 1. The van der Waals surface area contributed by atoms with Gasteiger partial charge in [0.1, 0.15) is 17.5 Å². The molecule has 124 valence electrons. The number of β-lactam (4-membered cyclic amide) rings is 1. The molecule has 1 aliphatic rings. The molecule has 0 aliphatic carbocycles. The van der Waals surface area contributed by atoms with Crippen LogP contribution in [-0.2, 0) is 22.6 Å². The molecule has 3 rings (SSSR count). The van der Waals surface area contributed by atoms with Gasteiger partial charge in [0.25, 0.3) is 5.91 Å². The van der Waals surface area contributed by atoms with Crippen molar-refractivity contribution >= 4 is 11.7 Å². The van der Waals surface area contributed by atoms with Gasteiger partial charge in [-0.05, 0) is 23.3 Å². The van der Waals surface area contributed by atoms with Crippen molar-refractivity contribution in [2.24, 2.45) is 0 Å². The van der Waals surface area contributed by atoms with E-state index in [1.807, 2.05) is 42.5 Å². The highest BCUT2D eigenvalue weighted by Crippen LogP contribution is 2.27. The lowest BCUT2D eigenvalue weighted by molar-refractivity contribution is -0.161. The first-order chi connectivity index (χ1) is 11.6. The number of carbonyl (C=O) groups excluding carboxylic acids is 2. The normalized spacial score (nSPS) is 16.8. The summed E-state index contributed by atoms with van der Waals surface area (Å²) < 4.78 is 10.5. The number of hydrogen-bond acceptors (Lipinski definition) is 4. The Bertz CT molecular complexity index is 735. The molecule has 0 spiro atoms. The third-order valence-corrected chi connectivity index (χ3v) is 4.19. The zero-order valence-electron chi connectivity index (χ0n) is 13.7. The number of carbonyl (C=O) groups is 2. The van der Waals surface area contributed by atoms with Crippen molar-refractivity contribution < 1.29 is 19.1 Å². The fourth-order valence-electron chi connectivity index (χ4n) is 2.87. The Morgan fingerprint density at radius 3 is 2.12 bits per heavy atom. The molecule has 0 N–H and O–H groups in total. The van der Waals surface area contributed by atoms with E-state index in [0.717, 1.165) is 11.1 Å². The molecule has 2 aromatic rings. The Balaban J connectivity index is 1.78. The van der Waals surface area contributed by atoms with Gasteiger partial charge in [-0.15, -0.1) is 0 Å². The Morgan fingerprint density at radius 2 is 1.54 bits per heavy atom. The van der Waals surface area contributed by atoms with Crippen molar-refractivity contribution in [3.8, 4) is 11.5 Å². The second kappa shape index (κ2) is 6.74. The number of Topliss-reactive ketones (excluding diaryl/α,β-unsaturated/α-hetero) is 1. The average Bonchev–Trinajstić information content (AvgIpc) is 2.64. The summed E-state index contributed by atoms with van der Waals surface area (Å²) >= 11 is 0. The summed E-state index contributed by atoms with van der Waals surface area (Å²) in [5.74, 6) is 0.570. The number of methoxy groups -OCH3 is 2. The van der Waals surface area contributed by atoms with Crippen molar-refractivity contribution in [3.63, 3.8) is 0 Å². The molecule has 1 amide bonds. The van der Waals surface area contributed by atoms with Crippen LogP contribution in [0.5, 0.6) is 11.5 Å². The standard InChI is InChI=1S/C19H19NO4/c1-23-15-8-14(9-16(11-15)24-2)10-17-18(21)19(22)20(17)12-13-6-4-3-5-7-13/h3-9,11,17H,10,12H2,1-2H3/t17-/m0/s1. The first kappa shape index (κ1) is 16.1. The SMILES string of the molecule is COc1cc(C[C@H]2C(=O)C(=O)N2Cc2ccccc2)cc(OC)c1. The molecule has 5 heteroatoms. The highest BCUT2D eigenvalue weighted by Gasteiger charge is 2.45. The van der Waals surface area contributed by atoms with E-state index in [9.17, 15) is 9.59 Å². The predicted molar refractivity (Wildman–Crippen MR) is 89.0 cm³/mol. The van der Waals surface area contributed by atoms with Crippen LogP contribution in [0.15, 0.2) is 48.5 Å². The lowest BCUT2D eigenvalue weighted by Gasteiger charge is -2.38. The van der Waals surface area contributed by atoms with Crippen LogP contribution in [0.4, 0.5) is 0 Å². The van der Waals surface area contributed by atoms with Crippen LogP contribution in [-0.4, -0.2) is 36.9 Å². The van der Waals surface area contributed by atoms with Crippen LogP contribution in [0.2, 0.25) is 0 Å². The van der Waals surface area contributed by atoms with Gasteiger partial charge in [0, 0.05) is 19.0 Å². The molecule has 1 aliphatic heterocycles. The molecule has 0 radical (unpaired) electrons. The van der Waals surface area contributed by atoms with Gasteiger partial charge in [-0.3, -0.25) is 9.59 Å². The maximum Gasteiger partial charge on any atom is 0.293 e.